The highest BCUT2D eigenvalue weighted by Gasteiger charge is 2.23. The van der Waals surface area contributed by atoms with Gasteiger partial charge in [-0.3, -0.25) is 4.79 Å². The highest BCUT2D eigenvalue weighted by atomic mass is 32.1. The summed E-state index contributed by atoms with van der Waals surface area (Å²) in [6.07, 6.45) is 0. The summed E-state index contributed by atoms with van der Waals surface area (Å²) in [6.45, 7) is 1.31. The number of anilines is 1. The number of fused-ring (bicyclic) bond motifs is 1. The van der Waals surface area contributed by atoms with E-state index in [4.69, 9.17) is 9.15 Å². The van der Waals surface area contributed by atoms with Crippen LogP contribution in [0.15, 0.2) is 51.6 Å². The highest BCUT2D eigenvalue weighted by molar-refractivity contribution is 7.17. The molecule has 0 saturated heterocycles. The largest absolute Gasteiger partial charge is 0.452 e. The molecule has 0 saturated carbocycles. The topological polar surface area (TPSA) is 81.4 Å². The lowest BCUT2D eigenvalue weighted by Crippen LogP contribution is -2.11. The van der Waals surface area contributed by atoms with Gasteiger partial charge in [0.1, 0.15) is 16.1 Å². The Balaban J connectivity index is 1.60. The predicted octanol–water partition coefficient (Wildman–Crippen LogP) is 4.93. The van der Waals surface area contributed by atoms with Crippen molar-refractivity contribution >= 4 is 50.7 Å². The first-order chi connectivity index (χ1) is 13.1. The molecule has 0 aliphatic rings. The Morgan fingerprint density at radius 1 is 1.19 bits per heavy atom. The second-order valence-electron chi connectivity index (χ2n) is 5.66. The molecule has 0 fully saturated rings. The van der Waals surface area contributed by atoms with Crippen molar-refractivity contribution in [3.05, 3.63) is 58.6 Å². The molecule has 27 heavy (non-hydrogen) atoms. The van der Waals surface area contributed by atoms with Gasteiger partial charge in [-0.25, -0.2) is 9.78 Å². The molecule has 0 aliphatic carbocycles. The lowest BCUT2D eigenvalue weighted by molar-refractivity contribution is -0.114. The van der Waals surface area contributed by atoms with E-state index in [9.17, 15) is 9.59 Å². The first-order valence-electron chi connectivity index (χ1n) is 8.06. The van der Waals surface area contributed by atoms with Crippen molar-refractivity contribution in [3.8, 4) is 10.4 Å². The fraction of sp³-hybridized carbons (Fsp3) is 0.105. The molecule has 0 bridgehead atoms. The Labute approximate surface area is 162 Å². The van der Waals surface area contributed by atoms with E-state index in [1.54, 1.807) is 6.07 Å². The normalized spacial score (nSPS) is 10.9. The van der Waals surface area contributed by atoms with E-state index in [2.05, 4.69) is 10.3 Å². The minimum absolute atomic E-state index is 0.0905. The van der Waals surface area contributed by atoms with Crippen molar-refractivity contribution in [3.63, 3.8) is 0 Å². The van der Waals surface area contributed by atoms with Gasteiger partial charge in [0.15, 0.2) is 12.2 Å². The molecular formula is C19H14N2O4S2. The molecule has 136 valence electrons. The molecule has 1 amide bonds. The molecule has 1 aromatic carbocycles. The van der Waals surface area contributed by atoms with Gasteiger partial charge in [-0.15, -0.1) is 22.7 Å². The molecule has 1 N–H and O–H groups in total. The quantitative estimate of drug-likeness (QED) is 0.482. The highest BCUT2D eigenvalue weighted by Crippen LogP contribution is 2.38. The number of thiophene rings is 2. The number of rotatable bonds is 5. The maximum absolute atomic E-state index is 12.8. The minimum atomic E-state index is -0.536. The van der Waals surface area contributed by atoms with Crippen LogP contribution < -0.4 is 5.32 Å². The number of benzene rings is 1. The summed E-state index contributed by atoms with van der Waals surface area (Å²) in [5, 5.41) is 6.94. The van der Waals surface area contributed by atoms with Crippen LogP contribution in [-0.4, -0.2) is 16.9 Å². The van der Waals surface area contributed by atoms with Crippen molar-refractivity contribution in [2.24, 2.45) is 0 Å². The Bertz CT molecular complexity index is 1080. The summed E-state index contributed by atoms with van der Waals surface area (Å²) in [4.78, 5) is 29.5. The Kier molecular flexibility index (Phi) is 4.74. The molecule has 0 spiro atoms. The molecule has 4 aromatic rings. The molecule has 8 heteroatoms. The average molecular weight is 398 g/mol. The molecule has 4 rings (SSSR count). The zero-order valence-electron chi connectivity index (χ0n) is 14.2. The van der Waals surface area contributed by atoms with Gasteiger partial charge >= 0.3 is 5.97 Å². The third-order valence-electron chi connectivity index (χ3n) is 3.74. The maximum atomic E-state index is 12.8. The third kappa shape index (κ3) is 3.62. The number of ether oxygens (including phenoxy) is 1. The van der Waals surface area contributed by atoms with Crippen LogP contribution in [0.5, 0.6) is 0 Å². The summed E-state index contributed by atoms with van der Waals surface area (Å²) < 4.78 is 11.0. The third-order valence-corrected chi connectivity index (χ3v) is 5.53. The van der Waals surface area contributed by atoms with Crippen LogP contribution in [0.1, 0.15) is 23.2 Å². The van der Waals surface area contributed by atoms with E-state index in [-0.39, 0.29) is 12.5 Å². The van der Waals surface area contributed by atoms with E-state index in [1.807, 2.05) is 41.1 Å². The van der Waals surface area contributed by atoms with Crippen LogP contribution in [0.2, 0.25) is 0 Å². The Hall–Kier alpha value is -2.97. The van der Waals surface area contributed by atoms with Crippen LogP contribution in [-0.2, 0) is 16.1 Å². The molecule has 3 heterocycles. The number of carbonyl (C=O) groups excluding carboxylic acids is 2. The first kappa shape index (κ1) is 17.4. The van der Waals surface area contributed by atoms with Crippen molar-refractivity contribution < 1.29 is 18.7 Å². The summed E-state index contributed by atoms with van der Waals surface area (Å²) >= 11 is 2.80. The number of hydrogen-bond acceptors (Lipinski definition) is 7. The van der Waals surface area contributed by atoms with Gasteiger partial charge in [-0.05, 0) is 23.6 Å². The van der Waals surface area contributed by atoms with Crippen molar-refractivity contribution in [2.75, 3.05) is 5.32 Å². The summed E-state index contributed by atoms with van der Waals surface area (Å²) in [6, 6.07) is 11.2. The summed E-state index contributed by atoms with van der Waals surface area (Å²) in [5.74, 6) is -0.466. The lowest BCUT2D eigenvalue weighted by Gasteiger charge is -2.07. The average Bonchev–Trinajstić information content (AvgIpc) is 3.37. The number of aromatic nitrogens is 1. The first-order valence-corrected chi connectivity index (χ1v) is 9.82. The Morgan fingerprint density at radius 2 is 2.04 bits per heavy atom. The number of nitrogens with zero attached hydrogens (tertiary/aromatic N) is 1. The fourth-order valence-corrected chi connectivity index (χ4v) is 4.42. The smallest absolute Gasteiger partial charge is 0.342 e. The van der Waals surface area contributed by atoms with E-state index in [0.717, 1.165) is 10.4 Å². The number of amides is 1. The van der Waals surface area contributed by atoms with Gasteiger partial charge in [0, 0.05) is 22.7 Å². The predicted molar refractivity (Wildman–Crippen MR) is 105 cm³/mol. The number of oxazole rings is 1. The standard InChI is InChI=1S/C19H14N2O4S2/c1-11(22)20-18-17(12(10-27-18)15-7-4-8-26-15)19(23)24-9-16-21-13-5-2-3-6-14(13)25-16/h2-8,10H,9H2,1H3,(H,20,22). The Morgan fingerprint density at radius 3 is 2.78 bits per heavy atom. The van der Waals surface area contributed by atoms with E-state index < -0.39 is 5.97 Å². The van der Waals surface area contributed by atoms with Crippen LogP contribution >= 0.6 is 22.7 Å². The monoisotopic (exact) mass is 398 g/mol. The molecular weight excluding hydrogens is 384 g/mol. The van der Waals surface area contributed by atoms with E-state index in [0.29, 0.717) is 27.6 Å². The number of carbonyl (C=O) groups is 2. The molecule has 6 nitrogen and oxygen atoms in total. The zero-order valence-corrected chi connectivity index (χ0v) is 15.9. The van der Waals surface area contributed by atoms with Crippen LogP contribution in [0.25, 0.3) is 21.5 Å². The fourth-order valence-electron chi connectivity index (χ4n) is 2.61. The SMILES string of the molecule is CC(=O)Nc1scc(-c2cccs2)c1C(=O)OCc1nc2ccccc2o1. The lowest BCUT2D eigenvalue weighted by atomic mass is 10.1. The molecule has 3 aromatic heterocycles. The van der Waals surface area contributed by atoms with Crippen LogP contribution in [0, 0.1) is 0 Å². The summed E-state index contributed by atoms with van der Waals surface area (Å²) in [7, 11) is 0. The van der Waals surface area contributed by atoms with Crippen molar-refractivity contribution in [1.82, 2.24) is 4.98 Å². The van der Waals surface area contributed by atoms with Crippen LogP contribution in [0.3, 0.4) is 0 Å². The zero-order chi connectivity index (χ0) is 18.8. The van der Waals surface area contributed by atoms with Gasteiger partial charge < -0.3 is 14.5 Å². The molecule has 0 atom stereocenters. The number of esters is 1. The molecule has 0 unspecified atom stereocenters. The maximum Gasteiger partial charge on any atom is 0.342 e. The van der Waals surface area contributed by atoms with E-state index >= 15 is 0 Å². The number of nitrogens with one attached hydrogen (secondary N) is 1. The van der Waals surface area contributed by atoms with Gasteiger partial charge in [0.25, 0.3) is 0 Å². The molecule has 0 aliphatic heterocycles. The van der Waals surface area contributed by atoms with Gasteiger partial charge in [-0.1, -0.05) is 18.2 Å². The summed E-state index contributed by atoms with van der Waals surface area (Å²) in [5.41, 5.74) is 2.42. The van der Waals surface area contributed by atoms with Crippen molar-refractivity contribution in [2.45, 2.75) is 13.5 Å². The van der Waals surface area contributed by atoms with Gasteiger partial charge in [0.05, 0.1) is 0 Å². The molecule has 0 radical (unpaired) electrons. The van der Waals surface area contributed by atoms with Gasteiger partial charge in [-0.2, -0.15) is 0 Å². The van der Waals surface area contributed by atoms with Crippen LogP contribution in [0.4, 0.5) is 5.00 Å². The minimum Gasteiger partial charge on any atom is -0.452 e. The second kappa shape index (κ2) is 7.34. The van der Waals surface area contributed by atoms with E-state index in [1.165, 1.54) is 29.6 Å². The second-order valence-corrected chi connectivity index (χ2v) is 7.49. The number of hydrogen-bond donors (Lipinski definition) is 1. The van der Waals surface area contributed by atoms with Gasteiger partial charge in [0.2, 0.25) is 11.8 Å². The number of para-hydroxylation sites is 2. The van der Waals surface area contributed by atoms with Crippen molar-refractivity contribution in [1.29, 1.82) is 0 Å².